The molecule has 0 amide bonds. The van der Waals surface area contributed by atoms with Crippen LogP contribution in [-0.2, 0) is 0 Å². The molecule has 0 aliphatic rings. The monoisotopic (exact) mass is 362 g/mol. The zero-order chi connectivity index (χ0) is 14.9. The molecular weight excluding hydrogens is 354 g/mol. The highest BCUT2D eigenvalue weighted by Gasteiger charge is 2.23. The first kappa shape index (κ1) is 15.2. The smallest absolute Gasteiger partial charge is 0.135 e. The Balaban J connectivity index is 2.50. The van der Waals surface area contributed by atoms with E-state index >= 15 is 0 Å². The van der Waals surface area contributed by atoms with Gasteiger partial charge < -0.3 is 9.84 Å². The van der Waals surface area contributed by atoms with Crippen molar-refractivity contribution in [2.24, 2.45) is 0 Å². The van der Waals surface area contributed by atoms with Crippen molar-refractivity contribution in [3.05, 3.63) is 62.6 Å². The number of methoxy groups -OCH3 is 1. The van der Waals surface area contributed by atoms with Crippen LogP contribution in [0.4, 0.5) is 8.78 Å². The maximum atomic E-state index is 13.9. The highest BCUT2D eigenvalue weighted by Crippen LogP contribution is 2.34. The summed E-state index contributed by atoms with van der Waals surface area (Å²) in [4.78, 5) is 0. The summed E-state index contributed by atoms with van der Waals surface area (Å²) in [6.45, 7) is 0. The van der Waals surface area contributed by atoms with Crippen molar-refractivity contribution in [3.8, 4) is 5.75 Å². The molecule has 0 aliphatic carbocycles. The lowest BCUT2D eigenvalue weighted by atomic mass is 10.00. The summed E-state index contributed by atoms with van der Waals surface area (Å²) in [7, 11) is 1.30. The maximum absolute atomic E-state index is 13.9. The summed E-state index contributed by atoms with van der Waals surface area (Å²) in [6.07, 6.45) is -1.50. The van der Waals surface area contributed by atoms with Gasteiger partial charge in [0.1, 0.15) is 23.5 Å². The minimum Gasteiger partial charge on any atom is -0.497 e. The van der Waals surface area contributed by atoms with Gasteiger partial charge >= 0.3 is 0 Å². The minimum atomic E-state index is -1.50. The van der Waals surface area contributed by atoms with Gasteiger partial charge in [-0.1, -0.05) is 33.6 Å². The number of hydrogen-bond acceptors (Lipinski definition) is 2. The molecule has 6 heteroatoms. The van der Waals surface area contributed by atoms with Crippen LogP contribution in [0.5, 0.6) is 5.75 Å². The van der Waals surface area contributed by atoms with Gasteiger partial charge in [-0.05, 0) is 12.1 Å². The average Bonchev–Trinajstić information content (AvgIpc) is 2.37. The molecule has 1 atom stereocenters. The Morgan fingerprint density at radius 2 is 1.80 bits per heavy atom. The SMILES string of the molecule is COc1cc(F)c(C(O)c2ccc(Br)cc2Cl)c(F)c1. The molecule has 2 nitrogen and oxygen atoms in total. The topological polar surface area (TPSA) is 29.5 Å². The van der Waals surface area contributed by atoms with Crippen molar-refractivity contribution < 1.29 is 18.6 Å². The van der Waals surface area contributed by atoms with E-state index in [-0.39, 0.29) is 16.3 Å². The van der Waals surface area contributed by atoms with E-state index in [1.54, 1.807) is 12.1 Å². The molecule has 1 unspecified atom stereocenters. The van der Waals surface area contributed by atoms with E-state index < -0.39 is 23.3 Å². The number of aliphatic hydroxyl groups is 1. The molecule has 0 aromatic heterocycles. The summed E-state index contributed by atoms with van der Waals surface area (Å²) < 4.78 is 33.3. The quantitative estimate of drug-likeness (QED) is 0.872. The van der Waals surface area contributed by atoms with Crippen LogP contribution in [0.25, 0.3) is 0 Å². The standard InChI is InChI=1S/C14H10BrClF2O2/c1-20-8-5-11(17)13(12(18)6-8)14(19)9-3-2-7(15)4-10(9)16/h2-6,14,19H,1H3. The average molecular weight is 364 g/mol. The number of rotatable bonds is 3. The molecule has 0 saturated carbocycles. The molecule has 20 heavy (non-hydrogen) atoms. The van der Waals surface area contributed by atoms with Crippen molar-refractivity contribution in [1.29, 1.82) is 0 Å². The molecule has 0 saturated heterocycles. The van der Waals surface area contributed by atoms with E-state index in [1.165, 1.54) is 13.2 Å². The predicted molar refractivity (Wildman–Crippen MR) is 76.1 cm³/mol. The fourth-order valence-electron chi connectivity index (χ4n) is 1.82. The zero-order valence-corrected chi connectivity index (χ0v) is 12.7. The van der Waals surface area contributed by atoms with Crippen LogP contribution < -0.4 is 4.74 Å². The molecule has 0 heterocycles. The van der Waals surface area contributed by atoms with E-state index in [2.05, 4.69) is 15.9 Å². The van der Waals surface area contributed by atoms with Gasteiger partial charge in [0.2, 0.25) is 0 Å². The van der Waals surface area contributed by atoms with Gasteiger partial charge in [0.05, 0.1) is 12.7 Å². The second kappa shape index (κ2) is 6.08. The van der Waals surface area contributed by atoms with Gasteiger partial charge in [-0.3, -0.25) is 0 Å². The van der Waals surface area contributed by atoms with E-state index in [0.717, 1.165) is 12.1 Å². The van der Waals surface area contributed by atoms with Crippen LogP contribution in [0.15, 0.2) is 34.8 Å². The van der Waals surface area contributed by atoms with E-state index in [4.69, 9.17) is 16.3 Å². The van der Waals surface area contributed by atoms with Gasteiger partial charge in [0.15, 0.2) is 0 Å². The predicted octanol–water partition coefficient (Wildman–Crippen LogP) is 4.47. The van der Waals surface area contributed by atoms with Gasteiger partial charge in [-0.15, -0.1) is 0 Å². The van der Waals surface area contributed by atoms with Gasteiger partial charge in [0, 0.05) is 27.2 Å². The van der Waals surface area contributed by atoms with Crippen LogP contribution in [0.2, 0.25) is 5.02 Å². The first-order valence-electron chi connectivity index (χ1n) is 5.60. The zero-order valence-electron chi connectivity index (χ0n) is 10.3. The Morgan fingerprint density at radius 1 is 1.20 bits per heavy atom. The van der Waals surface area contributed by atoms with E-state index in [9.17, 15) is 13.9 Å². The number of halogens is 4. The van der Waals surface area contributed by atoms with E-state index in [1.807, 2.05) is 0 Å². The van der Waals surface area contributed by atoms with Gasteiger partial charge in [-0.2, -0.15) is 0 Å². The van der Waals surface area contributed by atoms with Crippen LogP contribution in [-0.4, -0.2) is 12.2 Å². The van der Waals surface area contributed by atoms with Crippen LogP contribution >= 0.6 is 27.5 Å². The lowest BCUT2D eigenvalue weighted by Crippen LogP contribution is -2.07. The summed E-state index contributed by atoms with van der Waals surface area (Å²) in [5.41, 5.74) is -0.243. The third-order valence-corrected chi connectivity index (χ3v) is 3.64. The highest BCUT2D eigenvalue weighted by molar-refractivity contribution is 9.10. The molecule has 0 bridgehead atoms. The summed E-state index contributed by atoms with van der Waals surface area (Å²) >= 11 is 9.20. The molecule has 2 rings (SSSR count). The Morgan fingerprint density at radius 3 is 2.30 bits per heavy atom. The maximum Gasteiger partial charge on any atom is 0.135 e. The highest BCUT2D eigenvalue weighted by atomic mass is 79.9. The third kappa shape index (κ3) is 2.95. The van der Waals surface area contributed by atoms with Crippen molar-refractivity contribution in [3.63, 3.8) is 0 Å². The molecule has 0 aliphatic heterocycles. The molecule has 0 spiro atoms. The molecule has 2 aromatic carbocycles. The summed E-state index contributed by atoms with van der Waals surface area (Å²) in [6, 6.07) is 6.69. The first-order chi connectivity index (χ1) is 9.43. The summed E-state index contributed by atoms with van der Waals surface area (Å²) in [5.74, 6) is -1.75. The molecule has 106 valence electrons. The Labute approximate surface area is 128 Å². The normalized spacial score (nSPS) is 12.3. The molecular formula is C14H10BrClF2O2. The van der Waals surface area contributed by atoms with E-state index in [0.29, 0.717) is 4.47 Å². The van der Waals surface area contributed by atoms with Crippen molar-refractivity contribution in [2.75, 3.05) is 7.11 Å². The number of benzene rings is 2. The number of ether oxygens (including phenoxy) is 1. The van der Waals surface area contributed by atoms with Crippen molar-refractivity contribution in [2.45, 2.75) is 6.10 Å². The summed E-state index contributed by atoms with van der Waals surface area (Å²) in [5, 5.41) is 10.4. The Bertz CT molecular complexity index is 626. The second-order valence-corrected chi connectivity index (χ2v) is 5.40. The number of hydrogen-bond donors (Lipinski definition) is 1. The van der Waals surface area contributed by atoms with Crippen molar-refractivity contribution >= 4 is 27.5 Å². The molecule has 0 fully saturated rings. The Kier molecular flexibility index (Phi) is 4.62. The van der Waals surface area contributed by atoms with Crippen LogP contribution in [0, 0.1) is 11.6 Å². The van der Waals surface area contributed by atoms with Crippen molar-refractivity contribution in [1.82, 2.24) is 0 Å². The lowest BCUT2D eigenvalue weighted by molar-refractivity contribution is 0.208. The fourth-order valence-corrected chi connectivity index (χ4v) is 2.60. The third-order valence-electron chi connectivity index (χ3n) is 2.82. The lowest BCUT2D eigenvalue weighted by Gasteiger charge is -2.16. The molecule has 2 aromatic rings. The largest absolute Gasteiger partial charge is 0.497 e. The first-order valence-corrected chi connectivity index (χ1v) is 6.77. The Hall–Kier alpha value is -1.17. The molecule has 1 N–H and O–H groups in total. The minimum absolute atomic E-state index is 0.0397. The van der Waals surface area contributed by atoms with Crippen LogP contribution in [0.1, 0.15) is 17.2 Å². The van der Waals surface area contributed by atoms with Gasteiger partial charge in [-0.25, -0.2) is 8.78 Å². The van der Waals surface area contributed by atoms with Crippen LogP contribution in [0.3, 0.4) is 0 Å². The fraction of sp³-hybridized carbons (Fsp3) is 0.143. The molecule has 0 radical (unpaired) electrons. The second-order valence-electron chi connectivity index (χ2n) is 4.07. The number of aliphatic hydroxyl groups excluding tert-OH is 1. The van der Waals surface area contributed by atoms with Gasteiger partial charge in [0.25, 0.3) is 0 Å².